The summed E-state index contributed by atoms with van der Waals surface area (Å²) in [4.78, 5) is 75.0. The molecule has 12 aromatic carbocycles. The van der Waals surface area contributed by atoms with Crippen LogP contribution in [0.3, 0.4) is 0 Å². The molecule has 0 bridgehead atoms. The largest absolute Gasteiger partial charge is 0.444 e. The maximum atomic E-state index is 14.3. The number of amides is 1. The summed E-state index contributed by atoms with van der Waals surface area (Å²) in [5.41, 5.74) is 15.9. The van der Waals surface area contributed by atoms with Gasteiger partial charge in [-0.25, -0.2) is 54.4 Å². The molecule has 24 nitrogen and oxygen atoms in total. The van der Waals surface area contributed by atoms with Crippen molar-refractivity contribution in [3.63, 3.8) is 0 Å². The highest BCUT2D eigenvalue weighted by Gasteiger charge is 2.34. The number of nitrogens with one attached hydrogen (secondary N) is 5. The van der Waals surface area contributed by atoms with E-state index in [-0.39, 0.29) is 55.0 Å². The number of ketones is 3. The quantitative estimate of drug-likeness (QED) is 0.0410. The monoisotopic (exact) mass is 1910 g/mol. The van der Waals surface area contributed by atoms with Gasteiger partial charge in [0.2, 0.25) is 17.3 Å². The molecule has 0 unspecified atom stereocenters. The number of ether oxygens (including phenoxy) is 1. The summed E-state index contributed by atoms with van der Waals surface area (Å²) in [6.45, 7) is 21.2. The Bertz CT molecular complexity index is 8010. The van der Waals surface area contributed by atoms with Crippen molar-refractivity contribution >= 4 is 168 Å². The van der Waals surface area contributed by atoms with Crippen molar-refractivity contribution in [1.82, 2.24) is 41.1 Å². The third-order valence-corrected chi connectivity index (χ3v) is 28.6. The van der Waals surface area contributed by atoms with Crippen LogP contribution in [-0.2, 0) is 44.8 Å². The number of carbonyl (C=O) groups is 5. The van der Waals surface area contributed by atoms with Crippen LogP contribution in [0.15, 0.2) is 365 Å². The van der Waals surface area contributed by atoms with Crippen LogP contribution in [0, 0.1) is 27.7 Å². The van der Waals surface area contributed by atoms with Crippen LogP contribution in [0.1, 0.15) is 130 Å². The van der Waals surface area contributed by atoms with Gasteiger partial charge in [0.05, 0.1) is 64.4 Å². The van der Waals surface area contributed by atoms with Gasteiger partial charge < -0.3 is 35.7 Å². The molecule has 1 amide bonds. The minimum absolute atomic E-state index is 0.00805. The molecule has 0 saturated carbocycles. The number of hydrogen-bond donors (Lipinski definition) is 6. The summed E-state index contributed by atoms with van der Waals surface area (Å²) in [7, 11) is -12.8. The average molecular weight is 1920 g/mol. The summed E-state index contributed by atoms with van der Waals surface area (Å²) in [6.07, 6.45) is 1.20. The van der Waals surface area contributed by atoms with Crippen LogP contribution < -0.4 is 11.1 Å². The fourth-order valence-electron chi connectivity index (χ4n) is 15.1. The number of aromatic amines is 4. The lowest BCUT2D eigenvalue weighted by Crippen LogP contribution is -2.30. The van der Waals surface area contributed by atoms with E-state index >= 15 is 0 Å². The molecule has 0 spiro atoms. The number of fused-ring (bicyclic) bond motifs is 8. The van der Waals surface area contributed by atoms with Gasteiger partial charge in [-0.05, 0) is 235 Å². The van der Waals surface area contributed by atoms with E-state index in [2.05, 4.69) is 31.0 Å². The Morgan fingerprint density at radius 2 is 0.618 bits per heavy atom. The van der Waals surface area contributed by atoms with Gasteiger partial charge in [0.1, 0.15) is 22.7 Å². The van der Waals surface area contributed by atoms with E-state index in [4.69, 9.17) is 16.3 Å². The third-order valence-electron chi connectivity index (χ3n) is 21.5. The normalized spacial score (nSPS) is 11.3. The first kappa shape index (κ1) is 100.0. The minimum atomic E-state index is -4.22. The van der Waals surface area contributed by atoms with E-state index < -0.39 is 51.1 Å². The molecule has 0 fully saturated rings. The zero-order valence-corrected chi connectivity index (χ0v) is 81.0. The van der Waals surface area contributed by atoms with E-state index in [0.29, 0.717) is 65.9 Å². The summed E-state index contributed by atoms with van der Waals surface area (Å²) in [5, 5.41) is 8.55. The van der Waals surface area contributed by atoms with Crippen LogP contribution in [-0.4, -0.2) is 118 Å². The average Bonchev–Trinajstić information content (AvgIpc) is 1.56. The van der Waals surface area contributed by atoms with Gasteiger partial charge in [-0.2, -0.15) is 0 Å². The predicted molar refractivity (Wildman–Crippen MR) is 545 cm³/mol. The second kappa shape index (κ2) is 43.3. The number of alkyl carbamates (subject to hydrolysis) is 1. The van der Waals surface area contributed by atoms with Crippen molar-refractivity contribution in [3.05, 3.63) is 408 Å². The Morgan fingerprint density at radius 1 is 0.316 bits per heavy atom. The number of rotatable bonds is 15. The van der Waals surface area contributed by atoms with E-state index in [0.717, 1.165) is 72.0 Å². The Morgan fingerprint density at radius 3 is 1.00 bits per heavy atom. The van der Waals surface area contributed by atoms with Gasteiger partial charge in [-0.15, -0.1) is 0 Å². The SMILES string of the molecule is CC.CC.CN.CNC(=O)OC(C)(C)C.Cc1cccc2[nH]c(C(=O)c3cc4ccccc4[nH]3)cc12.Cc1cccc2[nH]c(C(=O)c3cc4ccccc4[nH]3)cc12.Cc1cccc2c1cc(C(=O)Cl)n2S(=O)(=O)c1ccccc1.Cc1cccc2c1cc(C(=O)c1cc3ccccc3n1S(=O)(=O)c1ccccc1)n2S(=O)(=O)c1ccccc1.O=S(=O)(c1ccccc1)n1ccc2ccccc21. The van der Waals surface area contributed by atoms with E-state index in [1.165, 1.54) is 83.8 Å². The van der Waals surface area contributed by atoms with Crippen molar-refractivity contribution in [2.45, 2.75) is 101 Å². The molecular formula is C107H103ClN10O14S4. The molecule has 0 saturated heterocycles. The fraction of sp³-hybridized carbons (Fsp3) is 0.131. The van der Waals surface area contributed by atoms with Crippen LogP contribution in [0.25, 0.3) is 87.2 Å². The van der Waals surface area contributed by atoms with Crippen LogP contribution in [0.5, 0.6) is 0 Å². The molecule has 0 aliphatic rings. The van der Waals surface area contributed by atoms with Crippen LogP contribution in [0.2, 0.25) is 0 Å². The number of halogens is 1. The van der Waals surface area contributed by atoms with Crippen molar-refractivity contribution in [2.24, 2.45) is 5.73 Å². The Labute approximate surface area is 794 Å². The number of nitrogens with zero attached hydrogens (tertiary/aromatic N) is 4. The van der Waals surface area contributed by atoms with Crippen molar-refractivity contribution in [1.29, 1.82) is 0 Å². The highest BCUT2D eigenvalue weighted by atomic mass is 35.5. The fourth-order valence-corrected chi connectivity index (χ4v) is 21.3. The standard InChI is InChI=1S/C30H22N2O5S2.2C18H14N2O.C16H12ClNO3S.C14H11NO2S.C6H13NO2.2C2H6.CH5N/c1-21-11-10-18-27-25(21)20-29(32(27)39(36,37)24-15-6-3-7-16-24)30(33)28-19-22-12-8-9-17-26(22)31(28)38(34,35)23-13-4-2-5-14-23;2*1-11-5-4-8-15-13(11)10-17(20-15)18(21)16-9-12-6-2-3-7-14(12)19-16;1-11-6-5-9-14-13(11)10-15(16(17)19)18(14)22(20,21)12-7-3-2-4-8-12;16-18(17,13-7-2-1-3-8-13)15-11-10-12-6-4-5-9-14(12)15;1-6(2,3)9-5(8)7-4;3*1-2/h2-20H,1H3;2*2-10,19-20H,1H3;2-10H,1H3;1-11H;1-4H3,(H,7,8);2*1-2H3;2H2,1H3. The molecule has 8 aromatic heterocycles. The first-order valence-corrected chi connectivity index (χ1v) is 49.6. The first-order chi connectivity index (χ1) is 65.2. The smallest absolute Gasteiger partial charge is 0.407 e. The molecule has 20 rings (SSSR count). The predicted octanol–water partition coefficient (Wildman–Crippen LogP) is 23.2. The minimum Gasteiger partial charge on any atom is -0.444 e. The Balaban J connectivity index is 0.000000151. The molecule has 7 N–H and O–H groups in total. The van der Waals surface area contributed by atoms with Crippen LogP contribution >= 0.6 is 11.6 Å². The highest BCUT2D eigenvalue weighted by Crippen LogP contribution is 2.36. The van der Waals surface area contributed by atoms with E-state index in [1.807, 2.05) is 216 Å². The number of para-hydroxylation sites is 4. The van der Waals surface area contributed by atoms with E-state index in [1.54, 1.807) is 152 Å². The van der Waals surface area contributed by atoms with Gasteiger partial charge >= 0.3 is 6.09 Å². The summed E-state index contributed by atoms with van der Waals surface area (Å²) in [6, 6.07) is 98.5. The number of aromatic nitrogens is 8. The Hall–Kier alpha value is -15.0. The second-order valence-electron chi connectivity index (χ2n) is 31.4. The number of H-pyrrole nitrogens is 4. The number of nitrogens with two attached hydrogens (primary N) is 1. The first-order valence-electron chi connectivity index (χ1n) is 43.5. The third kappa shape index (κ3) is 21.6. The van der Waals surface area contributed by atoms with Crippen molar-refractivity contribution in [3.8, 4) is 0 Å². The van der Waals surface area contributed by atoms with Gasteiger partial charge in [0, 0.05) is 78.4 Å². The van der Waals surface area contributed by atoms with Gasteiger partial charge in [-0.1, -0.05) is 222 Å². The maximum Gasteiger partial charge on any atom is 0.407 e. The highest BCUT2D eigenvalue weighted by molar-refractivity contribution is 7.91. The van der Waals surface area contributed by atoms with Crippen molar-refractivity contribution in [2.75, 3.05) is 14.1 Å². The lowest BCUT2D eigenvalue weighted by molar-refractivity contribution is 0.0540. The zero-order valence-electron chi connectivity index (χ0n) is 77.0. The summed E-state index contributed by atoms with van der Waals surface area (Å²) in [5.74, 6) is -0.760. The lowest BCUT2D eigenvalue weighted by atomic mass is 10.1. The summed E-state index contributed by atoms with van der Waals surface area (Å²) >= 11 is 5.60. The summed E-state index contributed by atoms with van der Waals surface area (Å²) < 4.78 is 116. The van der Waals surface area contributed by atoms with Gasteiger partial charge in [0.15, 0.2) is 0 Å². The molecule has 696 valence electrons. The number of hydrogen-bond acceptors (Lipinski definition) is 15. The molecule has 0 aliphatic carbocycles. The molecule has 20 aromatic rings. The van der Waals surface area contributed by atoms with Crippen LogP contribution in [0.4, 0.5) is 4.79 Å². The molecular weight excluding hydrogens is 1810 g/mol. The molecule has 136 heavy (non-hydrogen) atoms. The van der Waals surface area contributed by atoms with Crippen molar-refractivity contribution < 1.29 is 62.4 Å². The topological polar surface area (TPSA) is 352 Å². The number of carbonyl (C=O) groups excluding carboxylic acids is 5. The Kier molecular flexibility index (Phi) is 31.8. The molecule has 29 heteroatoms. The molecule has 8 heterocycles. The molecule has 0 radical (unpaired) electrons. The number of benzene rings is 12. The van der Waals surface area contributed by atoms with Gasteiger partial charge in [-0.3, -0.25) is 19.2 Å². The maximum absolute atomic E-state index is 14.3. The molecule has 0 aliphatic heterocycles. The number of aryl methyl sites for hydroxylation is 4. The molecule has 0 atom stereocenters. The zero-order chi connectivity index (χ0) is 98.1. The second-order valence-corrected chi connectivity index (χ2v) is 38.9. The lowest BCUT2D eigenvalue weighted by Gasteiger charge is -2.18. The van der Waals surface area contributed by atoms with Gasteiger partial charge in [0.25, 0.3) is 45.3 Å². The van der Waals surface area contributed by atoms with E-state index in [9.17, 15) is 57.6 Å².